The highest BCUT2D eigenvalue weighted by Crippen LogP contribution is 2.41. The Morgan fingerprint density at radius 1 is 0.964 bits per heavy atom. The number of benzene rings is 3. The number of aldehydes is 1. The first kappa shape index (κ1) is 20.3. The molecular formula is C24H25O3P. The van der Waals surface area contributed by atoms with Gasteiger partial charge >= 0.3 is 0 Å². The van der Waals surface area contributed by atoms with Crippen molar-refractivity contribution < 1.29 is 14.3 Å². The van der Waals surface area contributed by atoms with Crippen molar-refractivity contribution in [1.82, 2.24) is 0 Å². The maximum Gasteiger partial charge on any atom is 0.188 e. The molecule has 0 aromatic heterocycles. The molecule has 0 aliphatic heterocycles. The summed E-state index contributed by atoms with van der Waals surface area (Å²) in [7, 11) is 2.10. The standard InChI is InChI=1S/C24H25O3P/c1-18(28-23-14-7-6-11-21(23)16-25)22-13-8-12-20(24(22)27-17-26-2)15-19-9-4-3-5-10-19/h3-14,16,18,28H,15,17H2,1-2H3. The van der Waals surface area contributed by atoms with E-state index in [2.05, 4.69) is 49.4 Å². The topological polar surface area (TPSA) is 35.5 Å². The van der Waals surface area contributed by atoms with Crippen LogP contribution in [0.2, 0.25) is 0 Å². The van der Waals surface area contributed by atoms with Gasteiger partial charge in [-0.05, 0) is 16.4 Å². The third-order valence-electron chi connectivity index (χ3n) is 4.61. The monoisotopic (exact) mass is 392 g/mol. The predicted molar refractivity (Wildman–Crippen MR) is 116 cm³/mol. The molecular weight excluding hydrogens is 367 g/mol. The molecule has 0 saturated carbocycles. The zero-order chi connectivity index (χ0) is 19.8. The lowest BCUT2D eigenvalue weighted by molar-refractivity contribution is 0.0498. The summed E-state index contributed by atoms with van der Waals surface area (Å²) < 4.78 is 11.2. The van der Waals surface area contributed by atoms with Crippen LogP contribution in [0.3, 0.4) is 0 Å². The fraction of sp³-hybridized carbons (Fsp3) is 0.208. The molecule has 0 aliphatic carbocycles. The summed E-state index contributed by atoms with van der Waals surface area (Å²) >= 11 is 0. The molecule has 0 saturated heterocycles. The average molecular weight is 392 g/mol. The summed E-state index contributed by atoms with van der Waals surface area (Å²) in [5.74, 6) is 0.886. The molecule has 0 radical (unpaired) electrons. The highest BCUT2D eigenvalue weighted by molar-refractivity contribution is 7.47. The number of ether oxygens (including phenoxy) is 2. The molecule has 144 valence electrons. The minimum Gasteiger partial charge on any atom is -0.467 e. The van der Waals surface area contributed by atoms with E-state index in [4.69, 9.17) is 9.47 Å². The molecule has 2 unspecified atom stereocenters. The quantitative estimate of drug-likeness (QED) is 0.287. The average Bonchev–Trinajstić information content (AvgIpc) is 2.73. The van der Waals surface area contributed by atoms with Gasteiger partial charge in [-0.3, -0.25) is 4.79 Å². The zero-order valence-corrected chi connectivity index (χ0v) is 17.2. The van der Waals surface area contributed by atoms with E-state index in [0.717, 1.165) is 40.5 Å². The predicted octanol–water partition coefficient (Wildman–Crippen LogP) is 5.14. The molecule has 0 aliphatic rings. The van der Waals surface area contributed by atoms with Crippen LogP contribution in [0.25, 0.3) is 0 Å². The van der Waals surface area contributed by atoms with E-state index in [1.807, 2.05) is 30.3 Å². The maximum absolute atomic E-state index is 11.4. The highest BCUT2D eigenvalue weighted by Gasteiger charge is 2.17. The van der Waals surface area contributed by atoms with E-state index in [9.17, 15) is 4.79 Å². The van der Waals surface area contributed by atoms with Gasteiger partial charge in [-0.25, -0.2) is 0 Å². The van der Waals surface area contributed by atoms with Gasteiger partial charge in [0.05, 0.1) is 0 Å². The molecule has 2 atom stereocenters. The molecule has 0 heterocycles. The molecule has 3 aromatic rings. The van der Waals surface area contributed by atoms with Crippen LogP contribution in [0.4, 0.5) is 0 Å². The lowest BCUT2D eigenvalue weighted by atomic mass is 10.00. The van der Waals surface area contributed by atoms with Crippen LogP contribution in [0.15, 0.2) is 72.8 Å². The Bertz CT molecular complexity index is 909. The number of hydrogen-bond donors (Lipinski definition) is 0. The zero-order valence-electron chi connectivity index (χ0n) is 16.2. The summed E-state index contributed by atoms with van der Waals surface area (Å²) in [4.78, 5) is 11.4. The van der Waals surface area contributed by atoms with E-state index in [1.165, 1.54) is 5.56 Å². The number of rotatable bonds is 9. The van der Waals surface area contributed by atoms with Gasteiger partial charge in [-0.2, -0.15) is 0 Å². The molecule has 4 heteroatoms. The largest absolute Gasteiger partial charge is 0.467 e. The van der Waals surface area contributed by atoms with Crippen LogP contribution in [0.5, 0.6) is 5.75 Å². The first-order valence-corrected chi connectivity index (χ1v) is 10.4. The molecule has 3 aromatic carbocycles. The highest BCUT2D eigenvalue weighted by atomic mass is 31.1. The number of hydrogen-bond acceptors (Lipinski definition) is 3. The molecule has 0 bridgehead atoms. The molecule has 28 heavy (non-hydrogen) atoms. The van der Waals surface area contributed by atoms with Crippen molar-refractivity contribution in [3.63, 3.8) is 0 Å². The van der Waals surface area contributed by atoms with Gasteiger partial charge in [0.2, 0.25) is 0 Å². The van der Waals surface area contributed by atoms with Gasteiger partial charge in [0.15, 0.2) is 13.1 Å². The van der Waals surface area contributed by atoms with Crippen molar-refractivity contribution in [2.75, 3.05) is 13.9 Å². The lowest BCUT2D eigenvalue weighted by Gasteiger charge is -2.20. The number of carbonyl (C=O) groups excluding carboxylic acids is 1. The van der Waals surface area contributed by atoms with Crippen molar-refractivity contribution in [3.05, 3.63) is 95.1 Å². The Balaban J connectivity index is 1.92. The van der Waals surface area contributed by atoms with Crippen LogP contribution in [0, 0.1) is 0 Å². The second kappa shape index (κ2) is 10.2. The lowest BCUT2D eigenvalue weighted by Crippen LogP contribution is -2.08. The van der Waals surface area contributed by atoms with Crippen LogP contribution < -0.4 is 10.0 Å². The van der Waals surface area contributed by atoms with Crippen LogP contribution in [0.1, 0.15) is 39.6 Å². The Labute approximate surface area is 168 Å². The number of methoxy groups -OCH3 is 1. The van der Waals surface area contributed by atoms with Crippen molar-refractivity contribution in [2.24, 2.45) is 0 Å². The van der Waals surface area contributed by atoms with E-state index in [0.29, 0.717) is 8.58 Å². The first-order chi connectivity index (χ1) is 13.7. The van der Waals surface area contributed by atoms with Gasteiger partial charge in [-0.1, -0.05) is 88.3 Å². The van der Waals surface area contributed by atoms with Crippen molar-refractivity contribution in [2.45, 2.75) is 19.0 Å². The Hall–Kier alpha value is -2.48. The van der Waals surface area contributed by atoms with Crippen LogP contribution >= 0.6 is 8.58 Å². The molecule has 0 fully saturated rings. The van der Waals surface area contributed by atoms with E-state index >= 15 is 0 Å². The second-order valence-electron chi connectivity index (χ2n) is 6.62. The second-order valence-corrected chi connectivity index (χ2v) is 8.31. The minimum atomic E-state index is 0.208. The molecule has 3 nitrogen and oxygen atoms in total. The minimum absolute atomic E-state index is 0.208. The molecule has 3 rings (SSSR count). The SMILES string of the molecule is COCOc1c(Cc2ccccc2)cccc1C(C)Pc1ccccc1C=O. The Morgan fingerprint density at radius 3 is 2.46 bits per heavy atom. The molecule has 0 N–H and O–H groups in total. The summed E-state index contributed by atoms with van der Waals surface area (Å²) in [6, 6.07) is 24.5. The summed E-state index contributed by atoms with van der Waals surface area (Å²) in [6.07, 6.45) is 1.73. The first-order valence-electron chi connectivity index (χ1n) is 9.31. The normalized spacial score (nSPS) is 12.2. The van der Waals surface area contributed by atoms with Crippen molar-refractivity contribution >= 4 is 20.2 Å². The number of carbonyl (C=O) groups is 1. The third kappa shape index (κ3) is 5.07. The van der Waals surface area contributed by atoms with E-state index < -0.39 is 0 Å². The fourth-order valence-corrected chi connectivity index (χ4v) is 4.59. The summed E-state index contributed by atoms with van der Waals surface area (Å²) in [5.41, 5.74) is 4.50. The van der Waals surface area contributed by atoms with Gasteiger partial charge in [0, 0.05) is 30.3 Å². The van der Waals surface area contributed by atoms with E-state index in [1.54, 1.807) is 7.11 Å². The number of para-hydroxylation sites is 1. The van der Waals surface area contributed by atoms with Crippen LogP contribution in [-0.2, 0) is 11.2 Å². The smallest absolute Gasteiger partial charge is 0.188 e. The van der Waals surface area contributed by atoms with Gasteiger partial charge in [-0.15, -0.1) is 0 Å². The van der Waals surface area contributed by atoms with Gasteiger partial charge in [0.25, 0.3) is 0 Å². The Morgan fingerprint density at radius 2 is 1.71 bits per heavy atom. The fourth-order valence-electron chi connectivity index (χ4n) is 3.24. The van der Waals surface area contributed by atoms with Gasteiger partial charge in [0.1, 0.15) is 5.75 Å². The molecule has 0 amide bonds. The van der Waals surface area contributed by atoms with Crippen LogP contribution in [-0.4, -0.2) is 20.2 Å². The summed E-state index contributed by atoms with van der Waals surface area (Å²) in [6.45, 7) is 2.39. The van der Waals surface area contributed by atoms with Crippen molar-refractivity contribution in [1.29, 1.82) is 0 Å². The summed E-state index contributed by atoms with van der Waals surface area (Å²) in [5, 5.41) is 1.08. The maximum atomic E-state index is 11.4. The Kier molecular flexibility index (Phi) is 7.36. The third-order valence-corrected chi connectivity index (χ3v) is 6.12. The van der Waals surface area contributed by atoms with Gasteiger partial charge < -0.3 is 9.47 Å². The molecule has 0 spiro atoms. The van der Waals surface area contributed by atoms with Crippen molar-refractivity contribution in [3.8, 4) is 5.75 Å². The van der Waals surface area contributed by atoms with E-state index in [-0.39, 0.29) is 12.5 Å².